The van der Waals surface area contributed by atoms with Crippen LogP contribution in [0.1, 0.15) is 21.5 Å². The Kier molecular flexibility index (Phi) is 2.96. The monoisotopic (exact) mass is 339 g/mol. The van der Waals surface area contributed by atoms with Crippen molar-refractivity contribution < 1.29 is 4.79 Å². The highest BCUT2D eigenvalue weighted by atomic mass is 79.9. The molecule has 0 atom stereocenters. The van der Waals surface area contributed by atoms with Crippen LogP contribution in [0.4, 0.5) is 0 Å². The number of benzene rings is 2. The number of H-pyrrole nitrogens is 1. The van der Waals surface area contributed by atoms with Crippen molar-refractivity contribution >= 4 is 32.6 Å². The summed E-state index contributed by atoms with van der Waals surface area (Å²) in [5.41, 5.74) is 4.45. The number of ketones is 1. The lowest BCUT2D eigenvalue weighted by atomic mass is 9.95. The Labute approximate surface area is 131 Å². The molecule has 1 N–H and O–H groups in total. The van der Waals surface area contributed by atoms with Crippen molar-refractivity contribution in [3.63, 3.8) is 0 Å². The number of nitrogens with one attached hydrogen (secondary N) is 1. The van der Waals surface area contributed by atoms with E-state index in [-0.39, 0.29) is 11.7 Å². The second-order valence-corrected chi connectivity index (χ2v) is 6.55. The molecular formula is C18H14BrNO. The molecule has 0 radical (unpaired) electrons. The zero-order valence-corrected chi connectivity index (χ0v) is 13.0. The fourth-order valence-electron chi connectivity index (χ4n) is 3.27. The predicted octanol–water partition coefficient (Wildman–Crippen LogP) is 4.53. The Bertz CT molecular complexity index is 824. The number of aromatic amines is 1. The van der Waals surface area contributed by atoms with Gasteiger partial charge in [-0.15, -0.1) is 0 Å². The summed E-state index contributed by atoms with van der Waals surface area (Å²) in [6.45, 7) is 0. The summed E-state index contributed by atoms with van der Waals surface area (Å²) in [6.07, 6.45) is 3.57. The second-order valence-electron chi connectivity index (χ2n) is 5.63. The number of halogens is 1. The highest BCUT2D eigenvalue weighted by Crippen LogP contribution is 2.31. The second kappa shape index (κ2) is 4.85. The molecule has 1 aliphatic carbocycles. The third-order valence-corrected chi connectivity index (χ3v) is 4.82. The van der Waals surface area contributed by atoms with Crippen LogP contribution in [-0.4, -0.2) is 10.8 Å². The van der Waals surface area contributed by atoms with E-state index in [1.807, 2.05) is 24.4 Å². The molecule has 2 aromatic carbocycles. The molecule has 0 aliphatic heterocycles. The van der Waals surface area contributed by atoms with Crippen LogP contribution < -0.4 is 0 Å². The molecule has 104 valence electrons. The SMILES string of the molecule is O=C(c1c[nH]c2cc(Br)ccc12)C1Cc2ccccc2C1. The molecule has 3 heteroatoms. The fourth-order valence-corrected chi connectivity index (χ4v) is 3.63. The molecule has 4 rings (SSSR count). The van der Waals surface area contributed by atoms with E-state index in [1.165, 1.54) is 11.1 Å². The van der Waals surface area contributed by atoms with Gasteiger partial charge in [0, 0.05) is 33.1 Å². The Balaban J connectivity index is 1.69. The number of Topliss-reactive ketones (excluding diaryl/α,β-unsaturated/α-hetero) is 1. The molecule has 2 nitrogen and oxygen atoms in total. The van der Waals surface area contributed by atoms with E-state index in [9.17, 15) is 4.79 Å². The van der Waals surface area contributed by atoms with Gasteiger partial charge < -0.3 is 4.98 Å². The minimum Gasteiger partial charge on any atom is -0.360 e. The molecule has 1 heterocycles. The van der Waals surface area contributed by atoms with Gasteiger partial charge in [-0.3, -0.25) is 4.79 Å². The van der Waals surface area contributed by atoms with E-state index in [0.717, 1.165) is 33.8 Å². The number of carbonyl (C=O) groups excluding carboxylic acids is 1. The van der Waals surface area contributed by atoms with Crippen LogP contribution in [0.3, 0.4) is 0 Å². The van der Waals surface area contributed by atoms with Crippen molar-refractivity contribution in [3.8, 4) is 0 Å². The third-order valence-electron chi connectivity index (χ3n) is 4.33. The molecule has 0 spiro atoms. The quantitative estimate of drug-likeness (QED) is 0.683. The van der Waals surface area contributed by atoms with Gasteiger partial charge in [-0.2, -0.15) is 0 Å². The largest absolute Gasteiger partial charge is 0.360 e. The lowest BCUT2D eigenvalue weighted by molar-refractivity contribution is 0.0926. The zero-order valence-electron chi connectivity index (χ0n) is 11.4. The molecule has 3 aromatic rings. The summed E-state index contributed by atoms with van der Waals surface area (Å²) in [7, 11) is 0. The highest BCUT2D eigenvalue weighted by Gasteiger charge is 2.29. The van der Waals surface area contributed by atoms with Gasteiger partial charge in [0.25, 0.3) is 0 Å². The van der Waals surface area contributed by atoms with E-state index in [1.54, 1.807) is 0 Å². The first-order valence-electron chi connectivity index (χ1n) is 7.10. The highest BCUT2D eigenvalue weighted by molar-refractivity contribution is 9.10. The maximum atomic E-state index is 12.8. The van der Waals surface area contributed by atoms with Crippen LogP contribution in [0, 0.1) is 5.92 Å². The average Bonchev–Trinajstić information content (AvgIpc) is 3.09. The van der Waals surface area contributed by atoms with E-state index >= 15 is 0 Å². The van der Waals surface area contributed by atoms with Gasteiger partial charge in [-0.05, 0) is 36.1 Å². The van der Waals surface area contributed by atoms with Crippen molar-refractivity contribution in [1.29, 1.82) is 0 Å². The summed E-state index contributed by atoms with van der Waals surface area (Å²) in [5, 5.41) is 1.01. The van der Waals surface area contributed by atoms with Crippen molar-refractivity contribution in [2.75, 3.05) is 0 Å². The number of carbonyl (C=O) groups is 1. The van der Waals surface area contributed by atoms with Crippen molar-refractivity contribution in [1.82, 2.24) is 4.98 Å². The maximum absolute atomic E-state index is 12.8. The zero-order chi connectivity index (χ0) is 14.4. The number of hydrogen-bond donors (Lipinski definition) is 1. The van der Waals surface area contributed by atoms with Gasteiger partial charge >= 0.3 is 0 Å². The van der Waals surface area contributed by atoms with Crippen LogP contribution in [0.2, 0.25) is 0 Å². The van der Waals surface area contributed by atoms with E-state index in [4.69, 9.17) is 0 Å². The van der Waals surface area contributed by atoms with E-state index < -0.39 is 0 Å². The van der Waals surface area contributed by atoms with Gasteiger partial charge in [0.2, 0.25) is 0 Å². The molecule has 1 aromatic heterocycles. The van der Waals surface area contributed by atoms with Gasteiger partial charge in [0.1, 0.15) is 0 Å². The molecule has 0 saturated carbocycles. The maximum Gasteiger partial charge on any atom is 0.168 e. The lowest BCUT2D eigenvalue weighted by Gasteiger charge is -2.06. The molecule has 21 heavy (non-hydrogen) atoms. The first-order valence-corrected chi connectivity index (χ1v) is 7.89. The van der Waals surface area contributed by atoms with Gasteiger partial charge in [-0.1, -0.05) is 46.3 Å². The van der Waals surface area contributed by atoms with E-state index in [0.29, 0.717) is 0 Å². The Hall–Kier alpha value is -1.87. The summed E-state index contributed by atoms with van der Waals surface area (Å²) in [4.78, 5) is 16.0. The molecule has 0 saturated heterocycles. The predicted molar refractivity (Wildman–Crippen MR) is 87.7 cm³/mol. The third kappa shape index (κ3) is 2.12. The molecular weight excluding hydrogens is 326 g/mol. The van der Waals surface area contributed by atoms with E-state index in [2.05, 4.69) is 45.2 Å². The minimum absolute atomic E-state index is 0.0741. The molecule has 1 aliphatic rings. The number of aromatic nitrogens is 1. The van der Waals surface area contributed by atoms with Crippen LogP contribution in [0.15, 0.2) is 53.1 Å². The minimum atomic E-state index is 0.0741. The number of rotatable bonds is 2. The van der Waals surface area contributed by atoms with Gasteiger partial charge in [0.05, 0.1) is 0 Å². The Morgan fingerprint density at radius 1 is 1.10 bits per heavy atom. The first-order chi connectivity index (χ1) is 10.2. The standard InChI is InChI=1S/C18H14BrNO/c19-14-5-6-15-16(10-20-17(15)9-14)18(21)13-7-11-3-1-2-4-12(11)8-13/h1-6,9-10,13,20H,7-8H2. The lowest BCUT2D eigenvalue weighted by Crippen LogP contribution is -2.14. The number of fused-ring (bicyclic) bond motifs is 2. The van der Waals surface area contributed by atoms with Crippen LogP contribution in [0.5, 0.6) is 0 Å². The molecule has 0 amide bonds. The Morgan fingerprint density at radius 2 is 1.81 bits per heavy atom. The first kappa shape index (κ1) is 12.8. The summed E-state index contributed by atoms with van der Waals surface area (Å²) in [5.74, 6) is 0.324. The van der Waals surface area contributed by atoms with Gasteiger partial charge in [-0.25, -0.2) is 0 Å². The van der Waals surface area contributed by atoms with Crippen LogP contribution in [0.25, 0.3) is 10.9 Å². The van der Waals surface area contributed by atoms with Gasteiger partial charge in [0.15, 0.2) is 5.78 Å². The molecule has 0 unspecified atom stereocenters. The van der Waals surface area contributed by atoms with Crippen molar-refractivity contribution in [3.05, 3.63) is 69.8 Å². The molecule has 0 bridgehead atoms. The molecule has 0 fully saturated rings. The Morgan fingerprint density at radius 3 is 2.52 bits per heavy atom. The fraction of sp³-hybridized carbons (Fsp3) is 0.167. The summed E-state index contributed by atoms with van der Waals surface area (Å²) >= 11 is 3.46. The van der Waals surface area contributed by atoms with Crippen molar-refractivity contribution in [2.45, 2.75) is 12.8 Å². The number of hydrogen-bond acceptors (Lipinski definition) is 1. The van der Waals surface area contributed by atoms with Crippen molar-refractivity contribution in [2.24, 2.45) is 5.92 Å². The summed E-state index contributed by atoms with van der Waals surface area (Å²) < 4.78 is 1.02. The topological polar surface area (TPSA) is 32.9 Å². The normalized spacial score (nSPS) is 14.5. The van der Waals surface area contributed by atoms with Crippen LogP contribution >= 0.6 is 15.9 Å². The summed E-state index contributed by atoms with van der Waals surface area (Å²) in [6, 6.07) is 14.4. The van der Waals surface area contributed by atoms with Crippen LogP contribution in [-0.2, 0) is 12.8 Å². The average molecular weight is 340 g/mol. The smallest absolute Gasteiger partial charge is 0.168 e.